The second-order valence-corrected chi connectivity index (χ2v) is 7.02. The van der Waals surface area contributed by atoms with Crippen molar-refractivity contribution in [3.63, 3.8) is 0 Å². The van der Waals surface area contributed by atoms with Gasteiger partial charge >= 0.3 is 0 Å². The number of halogens is 1. The summed E-state index contributed by atoms with van der Waals surface area (Å²) < 4.78 is 26.3. The third-order valence-corrected chi connectivity index (χ3v) is 4.82. The van der Waals surface area contributed by atoms with Crippen LogP contribution in [0.25, 0.3) is 0 Å². The van der Waals surface area contributed by atoms with E-state index in [1.165, 1.54) is 0 Å². The van der Waals surface area contributed by atoms with Crippen LogP contribution in [0, 0.1) is 0 Å². The first-order chi connectivity index (χ1) is 8.49. The van der Waals surface area contributed by atoms with Gasteiger partial charge in [0.2, 0.25) is 10.0 Å². The molecule has 0 spiro atoms. The van der Waals surface area contributed by atoms with E-state index < -0.39 is 10.0 Å². The number of hydrogen-bond acceptors (Lipinski definition) is 3. The molecular weight excluding hydrogens is 284 g/mol. The molecular formula is C13H21ClN2O2S. The van der Waals surface area contributed by atoms with Crippen molar-refractivity contribution in [2.24, 2.45) is 5.73 Å². The molecule has 0 bridgehead atoms. The molecule has 0 atom stereocenters. The molecule has 1 saturated carbocycles. The molecule has 108 valence electrons. The third kappa shape index (κ3) is 5.10. The molecule has 0 amide bonds. The largest absolute Gasteiger partial charge is 0.324 e. The normalized spacial score (nSPS) is 17.3. The molecule has 1 fully saturated rings. The van der Waals surface area contributed by atoms with E-state index in [9.17, 15) is 8.42 Å². The van der Waals surface area contributed by atoms with Crippen LogP contribution in [0.15, 0.2) is 30.3 Å². The van der Waals surface area contributed by atoms with Crippen molar-refractivity contribution in [1.82, 2.24) is 4.72 Å². The third-order valence-electron chi connectivity index (χ3n) is 3.50. The lowest BCUT2D eigenvalue weighted by molar-refractivity contribution is 0.251. The Labute approximate surface area is 121 Å². The molecule has 0 heterocycles. The van der Waals surface area contributed by atoms with Crippen molar-refractivity contribution < 1.29 is 8.42 Å². The van der Waals surface area contributed by atoms with Gasteiger partial charge in [0, 0.05) is 12.1 Å². The highest BCUT2D eigenvalue weighted by Gasteiger charge is 2.33. The van der Waals surface area contributed by atoms with E-state index in [4.69, 9.17) is 5.73 Å². The minimum atomic E-state index is -3.22. The van der Waals surface area contributed by atoms with Gasteiger partial charge in [0.1, 0.15) is 0 Å². The van der Waals surface area contributed by atoms with Gasteiger partial charge in [-0.05, 0) is 31.2 Å². The Morgan fingerprint density at radius 1 is 1.21 bits per heavy atom. The molecule has 0 unspecified atom stereocenters. The van der Waals surface area contributed by atoms with Gasteiger partial charge in [-0.1, -0.05) is 30.3 Å². The summed E-state index contributed by atoms with van der Waals surface area (Å²) in [5, 5.41) is 0. The van der Waals surface area contributed by atoms with Crippen molar-refractivity contribution in [3.05, 3.63) is 35.9 Å². The fourth-order valence-corrected chi connectivity index (χ4v) is 3.19. The van der Waals surface area contributed by atoms with Gasteiger partial charge in [0.15, 0.2) is 0 Å². The van der Waals surface area contributed by atoms with Gasteiger partial charge in [0.05, 0.1) is 5.75 Å². The van der Waals surface area contributed by atoms with Crippen LogP contribution in [0.1, 0.15) is 24.8 Å². The van der Waals surface area contributed by atoms with Crippen LogP contribution in [-0.2, 0) is 16.4 Å². The van der Waals surface area contributed by atoms with Crippen molar-refractivity contribution in [2.75, 3.05) is 12.3 Å². The van der Waals surface area contributed by atoms with Gasteiger partial charge in [-0.3, -0.25) is 0 Å². The van der Waals surface area contributed by atoms with Crippen LogP contribution in [0.2, 0.25) is 0 Å². The van der Waals surface area contributed by atoms with Crippen molar-refractivity contribution >= 4 is 22.4 Å². The highest BCUT2D eigenvalue weighted by atomic mass is 35.5. The van der Waals surface area contributed by atoms with Gasteiger partial charge < -0.3 is 5.73 Å². The Balaban J connectivity index is 0.00000180. The quantitative estimate of drug-likeness (QED) is 0.835. The molecule has 1 aliphatic carbocycles. The van der Waals surface area contributed by atoms with Crippen molar-refractivity contribution in [1.29, 1.82) is 0 Å². The molecule has 1 aliphatic rings. The molecule has 0 aromatic heterocycles. The first-order valence-corrected chi connectivity index (χ1v) is 7.95. The standard InChI is InChI=1S/C13H20N2O2S.ClH/c14-13(8-4-9-13)11-15-18(16,17)10-7-12-5-2-1-3-6-12;/h1-3,5-6,15H,4,7-11,14H2;1H. The van der Waals surface area contributed by atoms with Crippen LogP contribution in [0.5, 0.6) is 0 Å². The van der Waals surface area contributed by atoms with Crippen LogP contribution in [0.4, 0.5) is 0 Å². The lowest BCUT2D eigenvalue weighted by Crippen LogP contribution is -2.55. The highest BCUT2D eigenvalue weighted by molar-refractivity contribution is 7.89. The zero-order valence-corrected chi connectivity index (χ0v) is 12.5. The van der Waals surface area contributed by atoms with Gasteiger partial charge in [-0.25, -0.2) is 13.1 Å². The average Bonchev–Trinajstić information content (AvgIpc) is 2.33. The summed E-state index contributed by atoms with van der Waals surface area (Å²) >= 11 is 0. The fourth-order valence-electron chi connectivity index (χ4n) is 2.03. The Morgan fingerprint density at radius 2 is 1.84 bits per heavy atom. The Morgan fingerprint density at radius 3 is 2.37 bits per heavy atom. The monoisotopic (exact) mass is 304 g/mol. The topological polar surface area (TPSA) is 72.2 Å². The number of rotatable bonds is 6. The maximum Gasteiger partial charge on any atom is 0.211 e. The van der Waals surface area contributed by atoms with E-state index in [0.29, 0.717) is 13.0 Å². The first kappa shape index (κ1) is 16.4. The number of hydrogen-bond donors (Lipinski definition) is 2. The number of aryl methyl sites for hydroxylation is 1. The fraction of sp³-hybridized carbons (Fsp3) is 0.538. The number of benzene rings is 1. The summed E-state index contributed by atoms with van der Waals surface area (Å²) in [5.74, 6) is 0.118. The van der Waals surface area contributed by atoms with E-state index in [1.807, 2.05) is 30.3 Å². The zero-order valence-electron chi connectivity index (χ0n) is 10.8. The minimum Gasteiger partial charge on any atom is -0.324 e. The summed E-state index contributed by atoms with van der Waals surface area (Å²) in [6, 6.07) is 9.63. The smallest absolute Gasteiger partial charge is 0.211 e. The number of sulfonamides is 1. The summed E-state index contributed by atoms with van der Waals surface area (Å²) in [4.78, 5) is 0. The number of nitrogens with two attached hydrogens (primary N) is 1. The lowest BCUT2D eigenvalue weighted by atomic mass is 9.78. The Kier molecular flexibility index (Phi) is 5.80. The molecule has 19 heavy (non-hydrogen) atoms. The average molecular weight is 305 g/mol. The highest BCUT2D eigenvalue weighted by Crippen LogP contribution is 2.28. The maximum atomic E-state index is 11.8. The van der Waals surface area contributed by atoms with E-state index in [2.05, 4.69) is 4.72 Å². The van der Waals surface area contributed by atoms with E-state index in [0.717, 1.165) is 24.8 Å². The molecule has 6 heteroatoms. The molecule has 1 aromatic carbocycles. The van der Waals surface area contributed by atoms with E-state index in [-0.39, 0.29) is 23.7 Å². The van der Waals surface area contributed by atoms with Crippen LogP contribution in [-0.4, -0.2) is 26.3 Å². The summed E-state index contributed by atoms with van der Waals surface area (Å²) in [6.45, 7) is 0.365. The molecule has 1 aromatic rings. The SMILES string of the molecule is Cl.NC1(CNS(=O)(=O)CCc2ccccc2)CCC1. The molecule has 3 N–H and O–H groups in total. The molecule has 0 radical (unpaired) electrons. The molecule has 2 rings (SSSR count). The Hall–Kier alpha value is -0.620. The summed E-state index contributed by atoms with van der Waals surface area (Å²) in [7, 11) is -3.22. The van der Waals surface area contributed by atoms with Crippen molar-refractivity contribution in [3.8, 4) is 0 Å². The minimum absolute atomic E-state index is 0. The summed E-state index contributed by atoms with van der Waals surface area (Å²) in [6.07, 6.45) is 3.46. The lowest BCUT2D eigenvalue weighted by Gasteiger charge is -2.38. The molecule has 0 saturated heterocycles. The predicted molar refractivity (Wildman–Crippen MR) is 80.0 cm³/mol. The van der Waals surface area contributed by atoms with Gasteiger partial charge in [0.25, 0.3) is 0 Å². The van der Waals surface area contributed by atoms with Crippen LogP contribution in [0.3, 0.4) is 0 Å². The maximum absolute atomic E-state index is 11.8. The van der Waals surface area contributed by atoms with E-state index >= 15 is 0 Å². The van der Waals surface area contributed by atoms with Gasteiger partial charge in [-0.2, -0.15) is 0 Å². The first-order valence-electron chi connectivity index (χ1n) is 6.29. The van der Waals surface area contributed by atoms with Crippen LogP contribution < -0.4 is 10.5 Å². The zero-order chi connectivity index (χ0) is 13.1. The summed E-state index contributed by atoms with van der Waals surface area (Å²) in [5.41, 5.74) is 6.72. The van der Waals surface area contributed by atoms with Gasteiger partial charge in [-0.15, -0.1) is 12.4 Å². The second kappa shape index (κ2) is 6.70. The Bertz CT molecular complexity index is 487. The second-order valence-electron chi connectivity index (χ2n) is 5.09. The molecule has 4 nitrogen and oxygen atoms in total. The van der Waals surface area contributed by atoms with Crippen LogP contribution >= 0.6 is 12.4 Å². The number of nitrogens with one attached hydrogen (secondary N) is 1. The predicted octanol–water partition coefficient (Wildman–Crippen LogP) is 1.45. The van der Waals surface area contributed by atoms with Crippen molar-refractivity contribution in [2.45, 2.75) is 31.2 Å². The molecule has 0 aliphatic heterocycles. The van der Waals surface area contributed by atoms with E-state index in [1.54, 1.807) is 0 Å².